The summed E-state index contributed by atoms with van der Waals surface area (Å²) < 4.78 is 17.3. The first-order valence-corrected chi connectivity index (χ1v) is 9.56. The maximum atomic E-state index is 12.2. The Balaban J connectivity index is 1.91. The minimum atomic E-state index is -1.35. The molecule has 1 aliphatic heterocycles. The van der Waals surface area contributed by atoms with Gasteiger partial charge in [0.25, 0.3) is 5.56 Å². The number of thioether (sulfide) groups is 1. The monoisotopic (exact) mass is 417 g/mol. The fourth-order valence-electron chi connectivity index (χ4n) is 2.84. The van der Waals surface area contributed by atoms with Gasteiger partial charge in [-0.05, 0) is 0 Å². The molecule has 0 saturated carbocycles. The quantitative estimate of drug-likeness (QED) is 0.227. The molecule has 1 aliphatic rings. The Morgan fingerprint density at radius 3 is 2.75 bits per heavy atom. The van der Waals surface area contributed by atoms with Gasteiger partial charge in [-0.1, -0.05) is 11.8 Å². The van der Waals surface area contributed by atoms with Gasteiger partial charge in [0.15, 0.2) is 22.5 Å². The van der Waals surface area contributed by atoms with Crippen LogP contribution in [0, 0.1) is 0 Å². The van der Waals surface area contributed by atoms with E-state index >= 15 is 0 Å². The van der Waals surface area contributed by atoms with Crippen molar-refractivity contribution in [1.29, 1.82) is 0 Å². The van der Waals surface area contributed by atoms with Crippen LogP contribution in [0.2, 0.25) is 0 Å². The van der Waals surface area contributed by atoms with Crippen molar-refractivity contribution >= 4 is 28.9 Å². The summed E-state index contributed by atoms with van der Waals surface area (Å²) in [6.45, 7) is 0.844. The standard InChI is InChI=1S/C15H23N5O7S/c1-25-2-3-26-4-5-28-15-17-8-11(18-14(16)19-12(8)24)20(15)13-10(23)9(22)7(6-21)27-13/h7,9-10,13,21-23H,2-6H2,1H3,(H3,16,18,19,24)/t7-,9-,10-,13-/m1/s1. The van der Waals surface area contributed by atoms with Gasteiger partial charge in [-0.2, -0.15) is 4.98 Å². The van der Waals surface area contributed by atoms with E-state index in [1.54, 1.807) is 7.11 Å². The van der Waals surface area contributed by atoms with Crippen molar-refractivity contribution in [3.63, 3.8) is 0 Å². The minimum Gasteiger partial charge on any atom is -0.394 e. The molecule has 0 bridgehead atoms. The van der Waals surface area contributed by atoms with Gasteiger partial charge >= 0.3 is 0 Å². The topological polar surface area (TPSA) is 178 Å². The van der Waals surface area contributed by atoms with Crippen LogP contribution < -0.4 is 11.3 Å². The molecule has 2 aromatic heterocycles. The zero-order chi connectivity index (χ0) is 20.3. The number of methoxy groups -OCH3 is 1. The van der Waals surface area contributed by atoms with Crippen LogP contribution in [0.1, 0.15) is 6.23 Å². The Bertz CT molecular complexity index is 859. The van der Waals surface area contributed by atoms with Gasteiger partial charge in [-0.15, -0.1) is 0 Å². The maximum Gasteiger partial charge on any atom is 0.280 e. The number of hydrogen-bond donors (Lipinski definition) is 5. The Morgan fingerprint density at radius 2 is 2.07 bits per heavy atom. The number of hydrogen-bond acceptors (Lipinski definition) is 11. The SMILES string of the molecule is COCCOCCSc1nc2c(=O)[nH]c(N)nc2n1[C@@H]1O[C@H](CO)[C@@H](O)[C@H]1O. The molecule has 0 spiro atoms. The number of rotatable bonds is 9. The Hall–Kier alpha value is -1.74. The van der Waals surface area contributed by atoms with Crippen LogP contribution in [0.15, 0.2) is 9.95 Å². The number of nitrogens with zero attached hydrogens (tertiary/aromatic N) is 3. The highest BCUT2D eigenvalue weighted by atomic mass is 32.2. The second-order valence-electron chi connectivity index (χ2n) is 6.07. The summed E-state index contributed by atoms with van der Waals surface area (Å²) in [5.41, 5.74) is 5.24. The van der Waals surface area contributed by atoms with Crippen LogP contribution >= 0.6 is 11.8 Å². The molecule has 13 heteroatoms. The second kappa shape index (κ2) is 9.17. The number of anilines is 1. The third-order valence-electron chi connectivity index (χ3n) is 4.20. The molecule has 156 valence electrons. The number of aliphatic hydroxyl groups excluding tert-OH is 3. The van der Waals surface area contributed by atoms with Crippen molar-refractivity contribution in [2.75, 3.05) is 45.0 Å². The fourth-order valence-corrected chi connectivity index (χ4v) is 3.71. The van der Waals surface area contributed by atoms with Crippen LogP contribution in [-0.2, 0) is 14.2 Å². The summed E-state index contributed by atoms with van der Waals surface area (Å²) >= 11 is 1.26. The Labute approximate surface area is 163 Å². The van der Waals surface area contributed by atoms with Gasteiger partial charge in [0.2, 0.25) is 5.95 Å². The number of nitrogen functional groups attached to an aromatic ring is 1. The van der Waals surface area contributed by atoms with Crippen molar-refractivity contribution in [2.45, 2.75) is 29.7 Å². The molecule has 0 amide bonds. The lowest BCUT2D eigenvalue weighted by Crippen LogP contribution is -2.33. The van der Waals surface area contributed by atoms with E-state index in [0.717, 1.165) is 0 Å². The molecular weight excluding hydrogens is 394 g/mol. The van der Waals surface area contributed by atoms with Gasteiger partial charge in [0.05, 0.1) is 26.4 Å². The molecule has 0 aliphatic carbocycles. The normalized spacial score (nSPS) is 25.0. The predicted molar refractivity (Wildman–Crippen MR) is 99.0 cm³/mol. The third-order valence-corrected chi connectivity index (χ3v) is 5.12. The molecule has 0 radical (unpaired) electrons. The first-order chi connectivity index (χ1) is 13.5. The molecule has 6 N–H and O–H groups in total. The minimum absolute atomic E-state index is 0.0229. The lowest BCUT2D eigenvalue weighted by atomic mass is 10.1. The molecular formula is C15H23N5O7S. The highest BCUT2D eigenvalue weighted by molar-refractivity contribution is 7.99. The lowest BCUT2D eigenvalue weighted by molar-refractivity contribution is -0.0548. The van der Waals surface area contributed by atoms with Crippen molar-refractivity contribution in [3.05, 3.63) is 10.4 Å². The summed E-state index contributed by atoms with van der Waals surface area (Å²) in [4.78, 5) is 23.0. The van der Waals surface area contributed by atoms with E-state index in [0.29, 0.717) is 30.7 Å². The molecule has 4 atom stereocenters. The van der Waals surface area contributed by atoms with Crippen LogP contribution in [0.5, 0.6) is 0 Å². The molecule has 2 aromatic rings. The number of fused-ring (bicyclic) bond motifs is 1. The van der Waals surface area contributed by atoms with Crippen molar-refractivity contribution in [2.24, 2.45) is 0 Å². The summed E-state index contributed by atoms with van der Waals surface area (Å²) in [6, 6.07) is 0. The van der Waals surface area contributed by atoms with Crippen molar-refractivity contribution < 1.29 is 29.5 Å². The number of aliphatic hydroxyl groups is 3. The van der Waals surface area contributed by atoms with E-state index in [-0.39, 0.29) is 17.1 Å². The van der Waals surface area contributed by atoms with Gasteiger partial charge < -0.3 is 35.3 Å². The molecule has 3 heterocycles. The Kier molecular flexibility index (Phi) is 6.87. The number of aromatic amines is 1. The van der Waals surface area contributed by atoms with E-state index in [9.17, 15) is 20.1 Å². The molecule has 0 unspecified atom stereocenters. The summed E-state index contributed by atoms with van der Waals surface area (Å²) in [5.74, 6) is 0.375. The predicted octanol–water partition coefficient (Wildman–Crippen LogP) is -1.93. The first kappa shape index (κ1) is 21.0. The van der Waals surface area contributed by atoms with Gasteiger partial charge in [0.1, 0.15) is 18.3 Å². The molecule has 12 nitrogen and oxygen atoms in total. The van der Waals surface area contributed by atoms with E-state index in [4.69, 9.17) is 19.9 Å². The van der Waals surface area contributed by atoms with Crippen LogP contribution in [0.25, 0.3) is 11.2 Å². The second-order valence-corrected chi connectivity index (χ2v) is 7.13. The number of ether oxygens (including phenoxy) is 3. The van der Waals surface area contributed by atoms with Gasteiger partial charge in [-0.25, -0.2) is 4.98 Å². The number of nitrogens with one attached hydrogen (secondary N) is 1. The van der Waals surface area contributed by atoms with Gasteiger partial charge in [-0.3, -0.25) is 14.3 Å². The molecule has 3 rings (SSSR count). The van der Waals surface area contributed by atoms with Crippen molar-refractivity contribution in [1.82, 2.24) is 19.5 Å². The largest absolute Gasteiger partial charge is 0.394 e. The average Bonchev–Trinajstić information content (AvgIpc) is 3.16. The molecule has 1 saturated heterocycles. The fraction of sp³-hybridized carbons (Fsp3) is 0.667. The van der Waals surface area contributed by atoms with E-state index < -0.39 is 36.7 Å². The molecule has 0 aromatic carbocycles. The molecule has 28 heavy (non-hydrogen) atoms. The van der Waals surface area contributed by atoms with Crippen LogP contribution in [-0.4, -0.2) is 92.4 Å². The zero-order valence-electron chi connectivity index (χ0n) is 15.1. The first-order valence-electron chi connectivity index (χ1n) is 8.57. The van der Waals surface area contributed by atoms with Crippen LogP contribution in [0.4, 0.5) is 5.95 Å². The highest BCUT2D eigenvalue weighted by Crippen LogP contribution is 2.35. The molecule has 1 fully saturated rings. The van der Waals surface area contributed by atoms with E-state index in [1.165, 1.54) is 16.3 Å². The number of H-pyrrole nitrogens is 1. The summed E-state index contributed by atoms with van der Waals surface area (Å²) in [6.07, 6.45) is -4.73. The average molecular weight is 417 g/mol. The smallest absolute Gasteiger partial charge is 0.280 e. The number of aromatic nitrogens is 4. The summed E-state index contributed by atoms with van der Waals surface area (Å²) in [5, 5.41) is 30.1. The number of imidazole rings is 1. The zero-order valence-corrected chi connectivity index (χ0v) is 16.0. The lowest BCUT2D eigenvalue weighted by Gasteiger charge is -2.19. The van der Waals surface area contributed by atoms with Gasteiger partial charge in [0, 0.05) is 12.9 Å². The van der Waals surface area contributed by atoms with Crippen LogP contribution in [0.3, 0.4) is 0 Å². The van der Waals surface area contributed by atoms with E-state index in [1.807, 2.05) is 0 Å². The maximum absolute atomic E-state index is 12.2. The summed E-state index contributed by atoms with van der Waals surface area (Å²) in [7, 11) is 1.58. The Morgan fingerprint density at radius 1 is 1.29 bits per heavy atom. The van der Waals surface area contributed by atoms with Crippen molar-refractivity contribution in [3.8, 4) is 0 Å². The van der Waals surface area contributed by atoms with E-state index in [2.05, 4.69) is 15.0 Å². The third kappa shape index (κ3) is 4.15. The number of nitrogens with two attached hydrogens (primary N) is 1. The highest BCUT2D eigenvalue weighted by Gasteiger charge is 2.45.